The van der Waals surface area contributed by atoms with Crippen LogP contribution < -0.4 is 10.5 Å². The van der Waals surface area contributed by atoms with E-state index in [0.717, 1.165) is 15.6 Å². The molecule has 0 spiro atoms. The summed E-state index contributed by atoms with van der Waals surface area (Å²) in [5.41, 5.74) is 8.22. The Morgan fingerprint density at radius 3 is 2.71 bits per heavy atom. The molecule has 1 aromatic carbocycles. The first-order chi connectivity index (χ1) is 9.94. The summed E-state index contributed by atoms with van der Waals surface area (Å²) in [4.78, 5) is 0.280. The van der Waals surface area contributed by atoms with Crippen LogP contribution in [0.5, 0.6) is 0 Å². The van der Waals surface area contributed by atoms with Crippen molar-refractivity contribution in [3.8, 4) is 0 Å². The van der Waals surface area contributed by atoms with Crippen LogP contribution in [0.4, 0.5) is 0 Å². The van der Waals surface area contributed by atoms with Gasteiger partial charge in [-0.1, -0.05) is 15.9 Å². The highest BCUT2D eigenvalue weighted by Crippen LogP contribution is 2.25. The molecule has 0 fully saturated rings. The molecule has 2 aromatic rings. The van der Waals surface area contributed by atoms with Crippen LogP contribution in [0, 0.1) is 6.92 Å². The van der Waals surface area contributed by atoms with Gasteiger partial charge in [-0.15, -0.1) is 0 Å². The second-order valence-electron chi connectivity index (χ2n) is 4.68. The lowest BCUT2D eigenvalue weighted by molar-refractivity contribution is 0.581. The molecular weight excluding hydrogens is 372 g/mol. The van der Waals surface area contributed by atoms with Gasteiger partial charge in [-0.3, -0.25) is 0 Å². The molecule has 7 heteroatoms. The van der Waals surface area contributed by atoms with Gasteiger partial charge in [0, 0.05) is 17.6 Å². The zero-order valence-corrected chi connectivity index (χ0v) is 14.8. The van der Waals surface area contributed by atoms with E-state index in [1.165, 1.54) is 0 Å². The number of nitrogens with one attached hydrogen (secondary N) is 1. The van der Waals surface area contributed by atoms with Crippen LogP contribution in [0.25, 0.3) is 0 Å². The largest absolute Gasteiger partial charge is 0.326 e. The van der Waals surface area contributed by atoms with E-state index in [1.807, 2.05) is 22.9 Å². The Morgan fingerprint density at radius 1 is 1.33 bits per heavy atom. The molecule has 0 aliphatic carbocycles. The SMILES string of the molecule is Cc1c(Br)cc(CN)cc1S(=O)(=O)NCCc1ccsc1. The van der Waals surface area contributed by atoms with Crippen molar-refractivity contribution >= 4 is 37.3 Å². The maximum atomic E-state index is 12.4. The number of nitrogens with two attached hydrogens (primary N) is 1. The fraction of sp³-hybridized carbons (Fsp3) is 0.286. The average Bonchev–Trinajstić information content (AvgIpc) is 2.94. The molecule has 1 heterocycles. The third kappa shape index (κ3) is 4.14. The summed E-state index contributed by atoms with van der Waals surface area (Å²) < 4.78 is 28.3. The number of hydrogen-bond donors (Lipinski definition) is 2. The number of halogens is 1. The Kier molecular flexibility index (Phi) is 5.56. The minimum absolute atomic E-state index is 0.280. The molecule has 2 rings (SSSR count). The summed E-state index contributed by atoms with van der Waals surface area (Å²) in [6, 6.07) is 5.47. The second kappa shape index (κ2) is 7.02. The smallest absolute Gasteiger partial charge is 0.240 e. The van der Waals surface area contributed by atoms with E-state index in [-0.39, 0.29) is 4.90 Å². The molecule has 0 unspecified atom stereocenters. The molecule has 0 aliphatic rings. The molecule has 1 aromatic heterocycles. The first-order valence-corrected chi connectivity index (χ1v) is 9.66. The summed E-state index contributed by atoms with van der Waals surface area (Å²) in [6.07, 6.45) is 0.680. The second-order valence-corrected chi connectivity index (χ2v) is 8.05. The van der Waals surface area contributed by atoms with E-state index in [1.54, 1.807) is 24.3 Å². The van der Waals surface area contributed by atoms with Gasteiger partial charge in [0.05, 0.1) is 4.90 Å². The number of rotatable bonds is 6. The van der Waals surface area contributed by atoms with Gasteiger partial charge < -0.3 is 5.73 Å². The monoisotopic (exact) mass is 388 g/mol. The molecular formula is C14H17BrN2O2S2. The molecule has 0 aliphatic heterocycles. The van der Waals surface area contributed by atoms with Gasteiger partial charge in [-0.25, -0.2) is 13.1 Å². The maximum Gasteiger partial charge on any atom is 0.240 e. The van der Waals surface area contributed by atoms with Crippen molar-refractivity contribution in [2.75, 3.05) is 6.54 Å². The van der Waals surface area contributed by atoms with E-state index in [2.05, 4.69) is 20.7 Å². The summed E-state index contributed by atoms with van der Waals surface area (Å²) in [5, 5.41) is 4.00. The van der Waals surface area contributed by atoms with Crippen molar-refractivity contribution < 1.29 is 8.42 Å². The van der Waals surface area contributed by atoms with Gasteiger partial charge >= 0.3 is 0 Å². The molecule has 0 saturated carbocycles. The Balaban J connectivity index is 2.17. The predicted octanol–water partition coefficient (Wildman–Crippen LogP) is 2.80. The topological polar surface area (TPSA) is 72.2 Å². The zero-order valence-electron chi connectivity index (χ0n) is 11.6. The van der Waals surface area contributed by atoms with Crippen molar-refractivity contribution in [2.45, 2.75) is 24.8 Å². The Labute approximate surface area is 137 Å². The molecule has 0 radical (unpaired) electrons. The third-order valence-corrected chi connectivity index (χ3v) is 6.31. The number of hydrogen-bond acceptors (Lipinski definition) is 4. The minimum Gasteiger partial charge on any atom is -0.326 e. The molecule has 3 N–H and O–H groups in total. The normalized spacial score (nSPS) is 11.8. The lowest BCUT2D eigenvalue weighted by Gasteiger charge is -2.12. The Hall–Kier alpha value is -0.730. The molecule has 0 atom stereocenters. The fourth-order valence-corrected chi connectivity index (χ4v) is 4.63. The highest BCUT2D eigenvalue weighted by atomic mass is 79.9. The zero-order chi connectivity index (χ0) is 15.5. The van der Waals surface area contributed by atoms with Crippen LogP contribution in [0.15, 0.2) is 38.3 Å². The van der Waals surface area contributed by atoms with Crippen LogP contribution in [0.3, 0.4) is 0 Å². The van der Waals surface area contributed by atoms with E-state index in [4.69, 9.17) is 5.73 Å². The number of thiophene rings is 1. The quantitative estimate of drug-likeness (QED) is 0.798. The Morgan fingerprint density at radius 2 is 2.10 bits per heavy atom. The molecule has 114 valence electrons. The van der Waals surface area contributed by atoms with Crippen molar-refractivity contribution in [1.82, 2.24) is 4.72 Å². The Bertz CT molecular complexity index is 713. The van der Waals surface area contributed by atoms with Crippen LogP contribution in [-0.2, 0) is 23.0 Å². The fourth-order valence-electron chi connectivity index (χ4n) is 1.95. The summed E-state index contributed by atoms with van der Waals surface area (Å²) >= 11 is 4.99. The van der Waals surface area contributed by atoms with Gasteiger partial charge in [-0.2, -0.15) is 11.3 Å². The van der Waals surface area contributed by atoms with Crippen molar-refractivity contribution in [1.29, 1.82) is 0 Å². The average molecular weight is 389 g/mol. The van der Waals surface area contributed by atoms with E-state index in [0.29, 0.717) is 25.1 Å². The van der Waals surface area contributed by atoms with Crippen molar-refractivity contribution in [3.63, 3.8) is 0 Å². The maximum absolute atomic E-state index is 12.4. The highest BCUT2D eigenvalue weighted by molar-refractivity contribution is 9.10. The highest BCUT2D eigenvalue weighted by Gasteiger charge is 2.18. The lowest BCUT2D eigenvalue weighted by Crippen LogP contribution is -2.27. The third-order valence-electron chi connectivity index (χ3n) is 3.17. The molecule has 4 nitrogen and oxygen atoms in total. The number of benzene rings is 1. The minimum atomic E-state index is -3.53. The van der Waals surface area contributed by atoms with Crippen molar-refractivity contribution in [2.24, 2.45) is 5.73 Å². The van der Waals surface area contributed by atoms with E-state index < -0.39 is 10.0 Å². The van der Waals surface area contributed by atoms with Gasteiger partial charge in [0.15, 0.2) is 0 Å². The standard InChI is InChI=1S/C14H17BrN2O2S2/c1-10-13(15)6-12(8-16)7-14(10)21(18,19)17-4-2-11-3-5-20-9-11/h3,5-7,9,17H,2,4,8,16H2,1H3. The summed E-state index contributed by atoms with van der Waals surface area (Å²) in [7, 11) is -3.53. The van der Waals surface area contributed by atoms with Gasteiger partial charge in [0.1, 0.15) is 0 Å². The lowest BCUT2D eigenvalue weighted by atomic mass is 10.1. The van der Waals surface area contributed by atoms with E-state index >= 15 is 0 Å². The molecule has 21 heavy (non-hydrogen) atoms. The first kappa shape index (κ1) is 16.6. The van der Waals surface area contributed by atoms with Gasteiger partial charge in [-0.05, 0) is 59.0 Å². The van der Waals surface area contributed by atoms with Crippen LogP contribution in [0.1, 0.15) is 16.7 Å². The number of sulfonamides is 1. The molecule has 0 bridgehead atoms. The molecule has 0 amide bonds. The first-order valence-electron chi connectivity index (χ1n) is 6.44. The van der Waals surface area contributed by atoms with Crippen molar-refractivity contribution in [3.05, 3.63) is 50.1 Å². The predicted molar refractivity (Wildman–Crippen MR) is 90.0 cm³/mol. The van der Waals surface area contributed by atoms with Crippen LogP contribution in [0.2, 0.25) is 0 Å². The molecule has 0 saturated heterocycles. The summed E-state index contributed by atoms with van der Waals surface area (Å²) in [6.45, 7) is 2.46. The van der Waals surface area contributed by atoms with E-state index in [9.17, 15) is 8.42 Å². The van der Waals surface area contributed by atoms with Gasteiger partial charge in [0.2, 0.25) is 10.0 Å². The van der Waals surface area contributed by atoms with Crippen LogP contribution in [-0.4, -0.2) is 15.0 Å². The van der Waals surface area contributed by atoms with Gasteiger partial charge in [0.25, 0.3) is 0 Å². The van der Waals surface area contributed by atoms with Crippen LogP contribution >= 0.6 is 27.3 Å². The summed E-state index contributed by atoms with van der Waals surface area (Å²) in [5.74, 6) is 0.